The van der Waals surface area contributed by atoms with Crippen LogP contribution in [0.3, 0.4) is 0 Å². The molecule has 1 saturated heterocycles. The number of piperidine rings is 1. The lowest BCUT2D eigenvalue weighted by Gasteiger charge is -2.39. The highest BCUT2D eigenvalue weighted by Gasteiger charge is 2.32. The number of nitrogens with zero attached hydrogens (tertiary/aromatic N) is 2. The number of aryl methyl sites for hydroxylation is 1. The molecule has 0 atom stereocenters. The molecule has 0 unspecified atom stereocenters. The molecule has 2 aliphatic heterocycles. The van der Waals surface area contributed by atoms with Crippen molar-refractivity contribution in [1.82, 2.24) is 9.21 Å². The summed E-state index contributed by atoms with van der Waals surface area (Å²) in [5, 5.41) is 2.19. The van der Waals surface area contributed by atoms with E-state index < -0.39 is 10.0 Å². The summed E-state index contributed by atoms with van der Waals surface area (Å²) in [6.07, 6.45) is 2.98. The van der Waals surface area contributed by atoms with Crippen molar-refractivity contribution >= 4 is 21.4 Å². The highest BCUT2D eigenvalue weighted by atomic mass is 32.2. The van der Waals surface area contributed by atoms with E-state index >= 15 is 0 Å². The van der Waals surface area contributed by atoms with Gasteiger partial charge in [-0.3, -0.25) is 4.90 Å². The van der Waals surface area contributed by atoms with Gasteiger partial charge in [0.25, 0.3) is 0 Å². The molecule has 0 saturated carbocycles. The second kappa shape index (κ2) is 6.83. The standard InChI is InChI=1S/C19H24N2O2S2/c1-15-2-4-18(5-3-15)25(22,23)21-11-6-17(7-12-21)20-10-8-19-16(14-20)9-13-24-19/h2-5,9,13,17H,6-8,10-12,14H2,1H3. The predicted molar refractivity (Wildman–Crippen MR) is 101 cm³/mol. The molecule has 2 aromatic rings. The molecule has 6 heteroatoms. The van der Waals surface area contributed by atoms with E-state index in [2.05, 4.69) is 16.3 Å². The molecular formula is C19H24N2O2S2. The predicted octanol–water partition coefficient (Wildman–Crippen LogP) is 3.27. The number of hydrogen-bond acceptors (Lipinski definition) is 4. The Hall–Kier alpha value is -1.21. The Balaban J connectivity index is 1.41. The van der Waals surface area contributed by atoms with E-state index in [0.717, 1.165) is 37.9 Å². The van der Waals surface area contributed by atoms with Crippen molar-refractivity contribution in [1.29, 1.82) is 0 Å². The van der Waals surface area contributed by atoms with Gasteiger partial charge >= 0.3 is 0 Å². The monoisotopic (exact) mass is 376 g/mol. The molecule has 4 rings (SSSR count). The van der Waals surface area contributed by atoms with Crippen LogP contribution >= 0.6 is 11.3 Å². The van der Waals surface area contributed by atoms with Crippen LogP contribution in [0.15, 0.2) is 40.6 Å². The Morgan fingerprint density at radius 1 is 1.04 bits per heavy atom. The smallest absolute Gasteiger partial charge is 0.243 e. The summed E-state index contributed by atoms with van der Waals surface area (Å²) in [4.78, 5) is 4.48. The first-order valence-electron chi connectivity index (χ1n) is 8.90. The molecule has 0 radical (unpaired) electrons. The normalized spacial score (nSPS) is 20.5. The van der Waals surface area contributed by atoms with Crippen molar-refractivity contribution in [2.75, 3.05) is 19.6 Å². The third-order valence-electron chi connectivity index (χ3n) is 5.44. The van der Waals surface area contributed by atoms with Crippen LogP contribution in [0.25, 0.3) is 0 Å². The molecule has 0 amide bonds. The molecule has 4 nitrogen and oxygen atoms in total. The number of fused-ring (bicyclic) bond motifs is 1. The first-order valence-corrected chi connectivity index (χ1v) is 11.2. The Bertz CT molecular complexity index is 835. The van der Waals surface area contributed by atoms with Crippen LogP contribution < -0.4 is 0 Å². The lowest BCUT2D eigenvalue weighted by Crippen LogP contribution is -2.47. The molecule has 0 N–H and O–H groups in total. The Labute approximate surface area is 154 Å². The summed E-state index contributed by atoms with van der Waals surface area (Å²) in [7, 11) is -3.36. The Kier molecular flexibility index (Phi) is 4.71. The highest BCUT2D eigenvalue weighted by molar-refractivity contribution is 7.89. The van der Waals surface area contributed by atoms with Gasteiger partial charge in [0.15, 0.2) is 0 Å². The summed E-state index contributed by atoms with van der Waals surface area (Å²) < 4.78 is 27.3. The first-order chi connectivity index (χ1) is 12.0. The SMILES string of the molecule is Cc1ccc(S(=O)(=O)N2CCC(N3CCc4sccc4C3)CC2)cc1. The van der Waals surface area contributed by atoms with Gasteiger partial charge in [0.05, 0.1) is 4.90 Å². The van der Waals surface area contributed by atoms with Gasteiger partial charge in [-0.05, 0) is 55.3 Å². The fourth-order valence-electron chi connectivity index (χ4n) is 3.89. The summed E-state index contributed by atoms with van der Waals surface area (Å²) >= 11 is 1.86. The maximum absolute atomic E-state index is 12.8. The van der Waals surface area contributed by atoms with Gasteiger partial charge in [0.2, 0.25) is 10.0 Å². The molecule has 3 heterocycles. The minimum absolute atomic E-state index is 0.414. The van der Waals surface area contributed by atoms with E-state index in [1.54, 1.807) is 16.4 Å². The topological polar surface area (TPSA) is 40.6 Å². The van der Waals surface area contributed by atoms with Crippen molar-refractivity contribution in [3.63, 3.8) is 0 Å². The molecule has 0 bridgehead atoms. The van der Waals surface area contributed by atoms with E-state index in [1.165, 1.54) is 10.4 Å². The van der Waals surface area contributed by atoms with Crippen LogP contribution in [0.5, 0.6) is 0 Å². The fourth-order valence-corrected chi connectivity index (χ4v) is 6.25. The van der Waals surface area contributed by atoms with Gasteiger partial charge < -0.3 is 0 Å². The van der Waals surface area contributed by atoms with Crippen LogP contribution in [0.2, 0.25) is 0 Å². The highest BCUT2D eigenvalue weighted by Crippen LogP contribution is 2.29. The van der Waals surface area contributed by atoms with Crippen LogP contribution in [-0.2, 0) is 23.0 Å². The van der Waals surface area contributed by atoms with Gasteiger partial charge in [0.1, 0.15) is 0 Å². The fraction of sp³-hybridized carbons (Fsp3) is 0.474. The third-order valence-corrected chi connectivity index (χ3v) is 8.37. The van der Waals surface area contributed by atoms with Gasteiger partial charge in [-0.25, -0.2) is 8.42 Å². The van der Waals surface area contributed by atoms with Crippen LogP contribution in [0.1, 0.15) is 28.8 Å². The molecule has 1 aromatic carbocycles. The van der Waals surface area contributed by atoms with Gasteiger partial charge in [0, 0.05) is 37.1 Å². The zero-order valence-electron chi connectivity index (χ0n) is 14.5. The van der Waals surface area contributed by atoms with Crippen molar-refractivity contribution in [3.05, 3.63) is 51.7 Å². The van der Waals surface area contributed by atoms with E-state index in [-0.39, 0.29) is 0 Å². The molecule has 0 spiro atoms. The summed E-state index contributed by atoms with van der Waals surface area (Å²) in [6.45, 7) is 5.33. The largest absolute Gasteiger partial charge is 0.296 e. The molecule has 2 aliphatic rings. The van der Waals surface area contributed by atoms with Crippen molar-refractivity contribution < 1.29 is 8.42 Å². The lowest BCUT2D eigenvalue weighted by atomic mass is 10.0. The van der Waals surface area contributed by atoms with Crippen LogP contribution in [0, 0.1) is 6.92 Å². The zero-order chi connectivity index (χ0) is 17.4. The quantitative estimate of drug-likeness (QED) is 0.825. The summed E-state index contributed by atoms with van der Waals surface area (Å²) in [5.41, 5.74) is 2.54. The van der Waals surface area contributed by atoms with E-state index in [4.69, 9.17) is 0 Å². The Morgan fingerprint density at radius 3 is 2.48 bits per heavy atom. The third kappa shape index (κ3) is 3.40. The molecule has 1 fully saturated rings. The van der Waals surface area contributed by atoms with Crippen LogP contribution in [-0.4, -0.2) is 43.3 Å². The number of rotatable bonds is 3. The van der Waals surface area contributed by atoms with Crippen molar-refractivity contribution in [2.45, 2.75) is 43.7 Å². The second-order valence-electron chi connectivity index (χ2n) is 7.04. The van der Waals surface area contributed by atoms with Gasteiger partial charge in [-0.1, -0.05) is 17.7 Å². The second-order valence-corrected chi connectivity index (χ2v) is 9.98. The van der Waals surface area contributed by atoms with Crippen LogP contribution in [0.4, 0.5) is 0 Å². The lowest BCUT2D eigenvalue weighted by molar-refractivity contribution is 0.127. The molecule has 1 aromatic heterocycles. The Morgan fingerprint density at radius 2 is 1.76 bits per heavy atom. The first kappa shape index (κ1) is 17.2. The van der Waals surface area contributed by atoms with Crippen molar-refractivity contribution in [3.8, 4) is 0 Å². The average molecular weight is 377 g/mol. The van der Waals surface area contributed by atoms with E-state index in [9.17, 15) is 8.42 Å². The van der Waals surface area contributed by atoms with E-state index in [0.29, 0.717) is 24.0 Å². The summed E-state index contributed by atoms with van der Waals surface area (Å²) in [5.74, 6) is 0. The zero-order valence-corrected chi connectivity index (χ0v) is 16.2. The number of sulfonamides is 1. The minimum Gasteiger partial charge on any atom is -0.296 e. The maximum atomic E-state index is 12.8. The van der Waals surface area contributed by atoms with Gasteiger partial charge in [-0.2, -0.15) is 4.31 Å². The maximum Gasteiger partial charge on any atom is 0.243 e. The summed E-state index contributed by atoms with van der Waals surface area (Å²) in [6, 6.07) is 9.91. The molecule has 0 aliphatic carbocycles. The number of thiophene rings is 1. The van der Waals surface area contributed by atoms with Crippen molar-refractivity contribution in [2.24, 2.45) is 0 Å². The number of hydrogen-bond donors (Lipinski definition) is 0. The number of benzene rings is 1. The minimum atomic E-state index is -3.36. The molecule has 25 heavy (non-hydrogen) atoms. The average Bonchev–Trinajstić information content (AvgIpc) is 3.10. The van der Waals surface area contributed by atoms with Gasteiger partial charge in [-0.15, -0.1) is 11.3 Å². The van der Waals surface area contributed by atoms with E-state index in [1.807, 2.05) is 30.4 Å². The molecule has 134 valence electrons. The molecular weight excluding hydrogens is 352 g/mol.